The lowest BCUT2D eigenvalue weighted by atomic mass is 9.71. The molecule has 0 aliphatic carbocycles. The third-order valence-corrected chi connectivity index (χ3v) is 7.25. The van der Waals surface area contributed by atoms with Gasteiger partial charge in [-0.3, -0.25) is 9.69 Å². The number of halogens is 3. The third kappa shape index (κ3) is 4.30. The van der Waals surface area contributed by atoms with Gasteiger partial charge in [0.25, 0.3) is 5.91 Å². The number of pyridine rings is 2. The molecule has 11 heteroatoms. The van der Waals surface area contributed by atoms with Crippen LogP contribution in [0.5, 0.6) is 0 Å². The first-order valence-electron chi connectivity index (χ1n) is 12.0. The highest BCUT2D eigenvalue weighted by molar-refractivity contribution is 6.30. The number of carbonyl (C=O) groups excluding carboxylic acids is 1. The van der Waals surface area contributed by atoms with E-state index in [-0.39, 0.29) is 40.1 Å². The molecule has 0 bridgehead atoms. The molecule has 0 spiro atoms. The highest BCUT2D eigenvalue weighted by Crippen LogP contribution is 2.44. The smallest absolute Gasteiger partial charge is 0.261 e. The first-order chi connectivity index (χ1) is 18.2. The molecule has 38 heavy (non-hydrogen) atoms. The number of anilines is 2. The van der Waals surface area contributed by atoms with Crippen molar-refractivity contribution in [1.29, 1.82) is 0 Å². The van der Waals surface area contributed by atoms with Crippen LogP contribution in [0.2, 0.25) is 5.02 Å². The number of rotatable bonds is 6. The van der Waals surface area contributed by atoms with Crippen LogP contribution in [0.25, 0.3) is 0 Å². The molecule has 196 valence electrons. The van der Waals surface area contributed by atoms with Crippen LogP contribution in [0, 0.1) is 11.6 Å². The second kappa shape index (κ2) is 9.94. The minimum Gasteiger partial charge on any atom is -0.405 e. The predicted octanol–water partition coefficient (Wildman–Crippen LogP) is 3.74. The van der Waals surface area contributed by atoms with Gasteiger partial charge < -0.3 is 21.7 Å². The first-order valence-corrected chi connectivity index (χ1v) is 12.3. The van der Waals surface area contributed by atoms with E-state index in [0.29, 0.717) is 24.7 Å². The van der Waals surface area contributed by atoms with Crippen molar-refractivity contribution in [3.05, 3.63) is 106 Å². The summed E-state index contributed by atoms with van der Waals surface area (Å²) in [5.74, 6) is -0.988. The molecule has 4 heterocycles. The number of aromatic nitrogens is 2. The average molecular weight is 538 g/mol. The van der Waals surface area contributed by atoms with Crippen molar-refractivity contribution in [2.24, 2.45) is 11.5 Å². The largest absolute Gasteiger partial charge is 0.405 e. The normalized spacial score (nSPS) is 20.0. The lowest BCUT2D eigenvalue weighted by molar-refractivity contribution is 0.0968. The summed E-state index contributed by atoms with van der Waals surface area (Å²) in [6.07, 6.45) is 7.57. The van der Waals surface area contributed by atoms with Crippen molar-refractivity contribution in [1.82, 2.24) is 14.9 Å². The van der Waals surface area contributed by atoms with Crippen molar-refractivity contribution in [3.8, 4) is 0 Å². The van der Waals surface area contributed by atoms with E-state index in [1.54, 1.807) is 55.6 Å². The number of hydrogen-bond acceptors (Lipinski definition) is 7. The third-order valence-electron chi connectivity index (χ3n) is 6.96. The Labute approximate surface area is 223 Å². The number of nitrogens with two attached hydrogens (primary N) is 2. The zero-order valence-corrected chi connectivity index (χ0v) is 21.3. The predicted molar refractivity (Wildman–Crippen MR) is 143 cm³/mol. The number of amides is 1. The van der Waals surface area contributed by atoms with Crippen LogP contribution in [-0.2, 0) is 5.41 Å². The zero-order chi connectivity index (χ0) is 27.0. The van der Waals surface area contributed by atoms with Crippen LogP contribution in [0.1, 0.15) is 28.4 Å². The molecule has 5 N–H and O–H groups in total. The summed E-state index contributed by atoms with van der Waals surface area (Å²) in [6, 6.07) is 9.58. The molecule has 5 rings (SSSR count). The molecule has 2 aliphatic heterocycles. The number of nitrogens with one attached hydrogen (secondary N) is 1. The second-order valence-electron chi connectivity index (χ2n) is 9.44. The van der Waals surface area contributed by atoms with Gasteiger partial charge in [0, 0.05) is 48.6 Å². The van der Waals surface area contributed by atoms with E-state index in [4.69, 9.17) is 23.1 Å². The topological polar surface area (TPSA) is 113 Å². The molecular formula is C27H26ClF2N7O. The SMILES string of the molecule is C[C@]1(c2cccc(Cl)c2F)CN(c2ccccn2)C(=O)c2cnc(NC3CN(/C(N)=C/C=C\N)C3)c(F)c21. The fraction of sp³-hybridized carbons (Fsp3) is 0.222. The standard InChI is InChI=1S/C27H26ClF2N7O/c1-27(18-6-4-7-19(28)23(18)29)15-37(21-9-2-3-11-33-21)26(38)17-12-34-25(24(30)22(17)27)35-16-13-36(14-16)20(32)8-5-10-31/h2-12,16H,13-15,31-32H2,1H3,(H,34,35)/b10-5-,20-8+/t27-/m1/s1. The molecule has 1 atom stereocenters. The Balaban J connectivity index is 1.55. The van der Waals surface area contributed by atoms with Gasteiger partial charge in [0.1, 0.15) is 11.6 Å². The van der Waals surface area contributed by atoms with Gasteiger partial charge in [0.05, 0.1) is 22.4 Å². The molecule has 1 aromatic carbocycles. The molecule has 1 amide bonds. The van der Waals surface area contributed by atoms with E-state index in [2.05, 4.69) is 15.3 Å². The molecule has 1 saturated heterocycles. The second-order valence-corrected chi connectivity index (χ2v) is 9.85. The van der Waals surface area contributed by atoms with E-state index in [0.717, 1.165) is 0 Å². The first kappa shape index (κ1) is 25.5. The average Bonchev–Trinajstić information content (AvgIpc) is 2.89. The summed E-state index contributed by atoms with van der Waals surface area (Å²) in [6.45, 7) is 2.68. The number of nitrogens with zero attached hydrogens (tertiary/aromatic N) is 4. The van der Waals surface area contributed by atoms with Gasteiger partial charge in [0.15, 0.2) is 11.6 Å². The molecule has 0 saturated carbocycles. The lowest BCUT2D eigenvalue weighted by Gasteiger charge is -2.43. The van der Waals surface area contributed by atoms with E-state index in [1.807, 2.05) is 4.90 Å². The highest BCUT2D eigenvalue weighted by atomic mass is 35.5. The lowest BCUT2D eigenvalue weighted by Crippen LogP contribution is -2.55. The van der Waals surface area contributed by atoms with Gasteiger partial charge in [0.2, 0.25) is 0 Å². The minimum atomic E-state index is -1.30. The molecule has 3 aromatic rings. The van der Waals surface area contributed by atoms with Gasteiger partial charge in [-0.25, -0.2) is 18.7 Å². The Morgan fingerprint density at radius 1 is 1.18 bits per heavy atom. The number of benzene rings is 1. The fourth-order valence-electron chi connectivity index (χ4n) is 4.98. The van der Waals surface area contributed by atoms with Crippen molar-refractivity contribution >= 4 is 29.1 Å². The molecule has 1 fully saturated rings. The number of carbonyl (C=O) groups is 1. The van der Waals surface area contributed by atoms with Crippen LogP contribution < -0.4 is 21.7 Å². The zero-order valence-electron chi connectivity index (χ0n) is 20.5. The van der Waals surface area contributed by atoms with Crippen molar-refractivity contribution in [3.63, 3.8) is 0 Å². The van der Waals surface area contributed by atoms with Crippen molar-refractivity contribution in [2.75, 3.05) is 29.9 Å². The van der Waals surface area contributed by atoms with Crippen LogP contribution >= 0.6 is 11.6 Å². The van der Waals surface area contributed by atoms with Gasteiger partial charge >= 0.3 is 0 Å². The molecule has 0 unspecified atom stereocenters. The molecule has 2 aromatic heterocycles. The summed E-state index contributed by atoms with van der Waals surface area (Å²) in [5.41, 5.74) is 10.3. The quantitative estimate of drug-likeness (QED) is 0.410. The number of hydrogen-bond donors (Lipinski definition) is 3. The summed E-state index contributed by atoms with van der Waals surface area (Å²) in [4.78, 5) is 25.4. The van der Waals surface area contributed by atoms with Crippen LogP contribution in [0.4, 0.5) is 20.4 Å². The maximum absolute atomic E-state index is 16.3. The Morgan fingerprint density at radius 3 is 2.68 bits per heavy atom. The molecule has 0 radical (unpaired) electrons. The number of fused-ring (bicyclic) bond motifs is 1. The summed E-state index contributed by atoms with van der Waals surface area (Å²) in [5, 5.41) is 3.01. The molecule has 8 nitrogen and oxygen atoms in total. The van der Waals surface area contributed by atoms with E-state index in [1.165, 1.54) is 23.4 Å². The Kier molecular flexibility index (Phi) is 6.66. The van der Waals surface area contributed by atoms with Crippen molar-refractivity contribution in [2.45, 2.75) is 18.4 Å². The maximum Gasteiger partial charge on any atom is 0.261 e. The number of likely N-dealkylation sites (tertiary alicyclic amines) is 1. The summed E-state index contributed by atoms with van der Waals surface area (Å²) >= 11 is 6.12. The highest BCUT2D eigenvalue weighted by Gasteiger charge is 2.47. The summed E-state index contributed by atoms with van der Waals surface area (Å²) < 4.78 is 31.7. The summed E-state index contributed by atoms with van der Waals surface area (Å²) in [7, 11) is 0. The minimum absolute atomic E-state index is 0.0226. The van der Waals surface area contributed by atoms with E-state index >= 15 is 8.78 Å². The van der Waals surface area contributed by atoms with Crippen LogP contribution in [-0.4, -0.2) is 46.5 Å². The molecule has 2 aliphatic rings. The fourth-order valence-corrected chi connectivity index (χ4v) is 5.16. The van der Waals surface area contributed by atoms with Gasteiger partial charge in [-0.2, -0.15) is 0 Å². The van der Waals surface area contributed by atoms with Gasteiger partial charge in [-0.05, 0) is 43.5 Å². The van der Waals surface area contributed by atoms with Crippen LogP contribution in [0.3, 0.4) is 0 Å². The maximum atomic E-state index is 16.3. The van der Waals surface area contributed by atoms with Crippen LogP contribution in [0.15, 0.2) is 73.0 Å². The Morgan fingerprint density at radius 2 is 1.97 bits per heavy atom. The Hall–Kier alpha value is -4.18. The van der Waals surface area contributed by atoms with Crippen molar-refractivity contribution < 1.29 is 13.6 Å². The van der Waals surface area contributed by atoms with E-state index in [9.17, 15) is 4.79 Å². The van der Waals surface area contributed by atoms with Gasteiger partial charge in [-0.15, -0.1) is 0 Å². The number of allylic oxidation sites excluding steroid dienone is 2. The Bertz CT molecular complexity index is 1440. The molecular weight excluding hydrogens is 512 g/mol. The monoisotopic (exact) mass is 537 g/mol. The van der Waals surface area contributed by atoms with Gasteiger partial charge in [-0.1, -0.05) is 29.8 Å². The van der Waals surface area contributed by atoms with E-state index < -0.39 is 23.0 Å².